The average Bonchev–Trinajstić information content (AvgIpc) is 3.46. The number of anilines is 1. The van der Waals surface area contributed by atoms with Crippen molar-refractivity contribution in [2.45, 2.75) is 31.8 Å². The molecule has 1 aromatic heterocycles. The van der Waals surface area contributed by atoms with Crippen LogP contribution in [0.4, 0.5) is 10.6 Å². The van der Waals surface area contributed by atoms with Gasteiger partial charge < -0.3 is 19.8 Å². The maximum atomic E-state index is 12.0. The standard InChI is InChI=1S/C24H26N4O4/c1-15-6-7-18-20(12-15)25-22(19-4-2-3-5-21(19)29)26-23(18)27-10-8-16(13-27)28(24(30)31)17-9-11-32-14-17/h2-7,12,16-17,29H,8-11,13-14H2,1H3,(H,30,31). The first-order chi connectivity index (χ1) is 15.5. The number of aromatic hydroxyl groups is 1. The van der Waals surface area contributed by atoms with Gasteiger partial charge in [0.05, 0.1) is 29.8 Å². The van der Waals surface area contributed by atoms with Gasteiger partial charge in [0.2, 0.25) is 0 Å². The number of carboxylic acid groups (broad SMARTS) is 1. The quantitative estimate of drug-likeness (QED) is 0.646. The molecule has 2 aliphatic heterocycles. The number of para-hydroxylation sites is 1. The van der Waals surface area contributed by atoms with Crippen LogP contribution in [0.2, 0.25) is 0 Å². The van der Waals surface area contributed by atoms with Crippen molar-refractivity contribution in [3.63, 3.8) is 0 Å². The highest BCUT2D eigenvalue weighted by Gasteiger charge is 2.37. The lowest BCUT2D eigenvalue weighted by Gasteiger charge is -2.31. The number of ether oxygens (including phenoxy) is 1. The summed E-state index contributed by atoms with van der Waals surface area (Å²) in [6.07, 6.45) is 0.563. The van der Waals surface area contributed by atoms with E-state index in [0.29, 0.717) is 37.7 Å². The molecule has 0 bridgehead atoms. The van der Waals surface area contributed by atoms with Crippen molar-refractivity contribution in [3.8, 4) is 17.1 Å². The average molecular weight is 434 g/mol. The fraction of sp³-hybridized carbons (Fsp3) is 0.375. The van der Waals surface area contributed by atoms with Gasteiger partial charge in [-0.05, 0) is 49.6 Å². The third-order valence-electron chi connectivity index (χ3n) is 6.35. The number of fused-ring (bicyclic) bond motifs is 1. The van der Waals surface area contributed by atoms with Crippen molar-refractivity contribution in [1.82, 2.24) is 14.9 Å². The number of rotatable bonds is 4. The van der Waals surface area contributed by atoms with Crippen LogP contribution < -0.4 is 4.90 Å². The molecule has 0 radical (unpaired) electrons. The Labute approximate surface area is 186 Å². The van der Waals surface area contributed by atoms with E-state index in [1.807, 2.05) is 31.2 Å². The Kier molecular flexibility index (Phi) is 5.30. The van der Waals surface area contributed by atoms with Gasteiger partial charge in [0.15, 0.2) is 5.82 Å². The zero-order chi connectivity index (χ0) is 22.2. The SMILES string of the molecule is Cc1ccc2c(N3CCC(N(C(=O)O)C4CCOC4)C3)nc(-c3ccccc3O)nc2c1. The molecule has 0 saturated carbocycles. The second kappa shape index (κ2) is 8.27. The third kappa shape index (κ3) is 3.71. The van der Waals surface area contributed by atoms with Gasteiger partial charge in [-0.15, -0.1) is 0 Å². The highest BCUT2D eigenvalue weighted by molar-refractivity contribution is 5.92. The number of aryl methyl sites for hydroxylation is 1. The van der Waals surface area contributed by atoms with Gasteiger partial charge in [-0.25, -0.2) is 14.8 Å². The third-order valence-corrected chi connectivity index (χ3v) is 6.35. The van der Waals surface area contributed by atoms with E-state index in [1.54, 1.807) is 23.1 Å². The summed E-state index contributed by atoms with van der Waals surface area (Å²) in [5, 5.41) is 21.2. The van der Waals surface area contributed by atoms with E-state index in [-0.39, 0.29) is 17.8 Å². The van der Waals surface area contributed by atoms with Crippen molar-refractivity contribution in [1.29, 1.82) is 0 Å². The monoisotopic (exact) mass is 434 g/mol. The molecule has 2 N–H and O–H groups in total. The lowest BCUT2D eigenvalue weighted by Crippen LogP contribution is -2.48. The Balaban J connectivity index is 1.53. The van der Waals surface area contributed by atoms with Gasteiger partial charge in [0, 0.05) is 25.1 Å². The number of carbonyl (C=O) groups is 1. The summed E-state index contributed by atoms with van der Waals surface area (Å²) in [4.78, 5) is 25.3. The summed E-state index contributed by atoms with van der Waals surface area (Å²) in [6, 6.07) is 12.9. The molecule has 8 nitrogen and oxygen atoms in total. The molecule has 2 aliphatic rings. The van der Waals surface area contributed by atoms with E-state index in [1.165, 1.54) is 0 Å². The number of hydrogen-bond acceptors (Lipinski definition) is 6. The minimum absolute atomic E-state index is 0.0981. The van der Waals surface area contributed by atoms with Gasteiger partial charge in [0.25, 0.3) is 0 Å². The van der Waals surface area contributed by atoms with Crippen LogP contribution in [-0.4, -0.2) is 69.6 Å². The molecule has 3 aromatic rings. The molecule has 0 spiro atoms. The fourth-order valence-electron chi connectivity index (χ4n) is 4.76. The highest BCUT2D eigenvalue weighted by Crippen LogP contribution is 2.34. The molecule has 32 heavy (non-hydrogen) atoms. The number of aromatic nitrogens is 2. The minimum atomic E-state index is -0.898. The molecule has 1 amide bonds. The van der Waals surface area contributed by atoms with E-state index in [0.717, 1.165) is 35.1 Å². The van der Waals surface area contributed by atoms with E-state index in [2.05, 4.69) is 4.90 Å². The van der Waals surface area contributed by atoms with E-state index in [4.69, 9.17) is 14.7 Å². The molecule has 166 valence electrons. The molecular weight excluding hydrogens is 408 g/mol. The summed E-state index contributed by atoms with van der Waals surface area (Å²) in [5.41, 5.74) is 2.46. The molecule has 2 atom stereocenters. The number of amides is 1. The summed E-state index contributed by atoms with van der Waals surface area (Å²) < 4.78 is 5.44. The topological polar surface area (TPSA) is 99.0 Å². The summed E-state index contributed by atoms with van der Waals surface area (Å²) in [7, 11) is 0. The predicted octanol–water partition coefficient (Wildman–Crippen LogP) is 3.66. The van der Waals surface area contributed by atoms with Crippen LogP contribution in [0, 0.1) is 6.92 Å². The Morgan fingerprint density at radius 3 is 2.75 bits per heavy atom. The summed E-state index contributed by atoms with van der Waals surface area (Å²) in [5.74, 6) is 1.35. The molecule has 2 fully saturated rings. The van der Waals surface area contributed by atoms with Crippen LogP contribution in [0.1, 0.15) is 18.4 Å². The van der Waals surface area contributed by atoms with Gasteiger partial charge in [-0.2, -0.15) is 0 Å². The molecule has 2 unspecified atom stereocenters. The van der Waals surface area contributed by atoms with Gasteiger partial charge >= 0.3 is 6.09 Å². The first-order valence-electron chi connectivity index (χ1n) is 10.9. The minimum Gasteiger partial charge on any atom is -0.507 e. The molecule has 5 rings (SSSR count). The number of phenols is 1. The largest absolute Gasteiger partial charge is 0.507 e. The predicted molar refractivity (Wildman–Crippen MR) is 121 cm³/mol. The van der Waals surface area contributed by atoms with Crippen molar-refractivity contribution >= 4 is 22.8 Å². The van der Waals surface area contributed by atoms with Gasteiger partial charge in [-0.1, -0.05) is 18.2 Å². The molecule has 2 saturated heterocycles. The smallest absolute Gasteiger partial charge is 0.407 e. The number of benzene rings is 2. The molecule has 0 aliphatic carbocycles. The second-order valence-electron chi connectivity index (χ2n) is 8.50. The Hall–Kier alpha value is -3.39. The molecule has 2 aromatic carbocycles. The zero-order valence-electron chi connectivity index (χ0n) is 17.9. The first-order valence-corrected chi connectivity index (χ1v) is 10.9. The lowest BCUT2D eigenvalue weighted by atomic mass is 10.1. The van der Waals surface area contributed by atoms with Crippen LogP contribution in [0.3, 0.4) is 0 Å². The van der Waals surface area contributed by atoms with Crippen LogP contribution in [0.15, 0.2) is 42.5 Å². The Morgan fingerprint density at radius 1 is 1.16 bits per heavy atom. The van der Waals surface area contributed by atoms with Gasteiger partial charge in [0.1, 0.15) is 11.6 Å². The van der Waals surface area contributed by atoms with E-state index >= 15 is 0 Å². The second-order valence-corrected chi connectivity index (χ2v) is 8.50. The van der Waals surface area contributed by atoms with E-state index in [9.17, 15) is 15.0 Å². The summed E-state index contributed by atoms with van der Waals surface area (Å²) >= 11 is 0. The maximum Gasteiger partial charge on any atom is 0.407 e. The fourth-order valence-corrected chi connectivity index (χ4v) is 4.76. The zero-order valence-corrected chi connectivity index (χ0v) is 17.9. The van der Waals surface area contributed by atoms with Crippen molar-refractivity contribution < 1.29 is 19.7 Å². The van der Waals surface area contributed by atoms with Crippen LogP contribution in [0.25, 0.3) is 22.3 Å². The Morgan fingerprint density at radius 2 is 2.00 bits per heavy atom. The lowest BCUT2D eigenvalue weighted by molar-refractivity contribution is 0.0928. The molecule has 3 heterocycles. The maximum absolute atomic E-state index is 12.0. The number of phenolic OH excluding ortho intramolecular Hbond substituents is 1. The van der Waals surface area contributed by atoms with E-state index < -0.39 is 6.09 Å². The van der Waals surface area contributed by atoms with Crippen LogP contribution in [-0.2, 0) is 4.74 Å². The van der Waals surface area contributed by atoms with Crippen molar-refractivity contribution in [2.75, 3.05) is 31.2 Å². The number of hydrogen-bond donors (Lipinski definition) is 2. The normalized spacial score (nSPS) is 20.7. The van der Waals surface area contributed by atoms with Crippen LogP contribution in [0.5, 0.6) is 5.75 Å². The van der Waals surface area contributed by atoms with Crippen LogP contribution >= 0.6 is 0 Å². The number of nitrogens with zero attached hydrogens (tertiary/aromatic N) is 4. The first kappa shape index (κ1) is 20.5. The van der Waals surface area contributed by atoms with Crippen molar-refractivity contribution in [3.05, 3.63) is 48.0 Å². The van der Waals surface area contributed by atoms with Crippen molar-refractivity contribution in [2.24, 2.45) is 0 Å². The Bertz CT molecular complexity index is 1160. The summed E-state index contributed by atoms with van der Waals surface area (Å²) in [6.45, 7) is 4.33. The molecular formula is C24H26N4O4. The van der Waals surface area contributed by atoms with Gasteiger partial charge in [-0.3, -0.25) is 4.90 Å². The highest BCUT2D eigenvalue weighted by atomic mass is 16.5. The molecule has 8 heteroatoms.